The fourth-order valence-corrected chi connectivity index (χ4v) is 26.1. The van der Waals surface area contributed by atoms with Crippen molar-refractivity contribution in [3.8, 4) is 17.2 Å². The number of carboxylic acid groups (broad SMARTS) is 1. The van der Waals surface area contributed by atoms with Crippen LogP contribution in [-0.2, 0) is 45.8 Å². The molecule has 6 aliphatic rings. The summed E-state index contributed by atoms with van der Waals surface area (Å²) in [6.07, 6.45) is 10.3. The number of aromatic nitrogens is 3. The van der Waals surface area contributed by atoms with Crippen molar-refractivity contribution in [2.45, 2.75) is 238 Å². The number of pyridine rings is 3. The van der Waals surface area contributed by atoms with Crippen molar-refractivity contribution in [1.29, 1.82) is 0 Å². The van der Waals surface area contributed by atoms with E-state index in [1.165, 1.54) is 39.8 Å². The van der Waals surface area contributed by atoms with Gasteiger partial charge in [0.1, 0.15) is 33.8 Å². The summed E-state index contributed by atoms with van der Waals surface area (Å²) in [6.45, 7) is 28.2. The van der Waals surface area contributed by atoms with E-state index in [1.54, 1.807) is 71.6 Å². The predicted octanol–water partition coefficient (Wildman–Crippen LogP) is 16.2. The van der Waals surface area contributed by atoms with E-state index >= 15 is 13.2 Å². The quantitative estimate of drug-likeness (QED) is 0.0157. The molecular formula is C87H126F3N9O26P4S2. The van der Waals surface area contributed by atoms with Gasteiger partial charge in [-0.05, 0) is 170 Å². The van der Waals surface area contributed by atoms with Gasteiger partial charge in [-0.15, -0.1) is 0 Å². The number of thioether (sulfide) groups is 2. The second-order valence-corrected chi connectivity index (χ2v) is 46.6. The van der Waals surface area contributed by atoms with E-state index in [1.807, 2.05) is 62.8 Å². The third-order valence-corrected chi connectivity index (χ3v) is 34.3. The minimum absolute atomic E-state index is 0.00562. The number of nitrogens with zero attached hydrogens (tertiary/aromatic N) is 8. The Balaban J connectivity index is 0.000000213. The van der Waals surface area contributed by atoms with Crippen molar-refractivity contribution in [1.82, 2.24) is 28.8 Å². The Morgan fingerprint density at radius 3 is 1.08 bits per heavy atom. The summed E-state index contributed by atoms with van der Waals surface area (Å²) in [5.74, 6) is -2.58. The minimum Gasteiger partial charge on any atom is -0.492 e. The van der Waals surface area contributed by atoms with Crippen LogP contribution in [0.5, 0.6) is 17.2 Å². The highest BCUT2D eigenvalue weighted by molar-refractivity contribution is 8.14. The highest BCUT2D eigenvalue weighted by Gasteiger charge is 2.51. The van der Waals surface area contributed by atoms with E-state index in [4.69, 9.17) is 41.8 Å². The molecule has 44 heteroatoms. The third-order valence-electron chi connectivity index (χ3n) is 22.6. The van der Waals surface area contributed by atoms with Crippen molar-refractivity contribution < 1.29 is 122 Å². The van der Waals surface area contributed by atoms with Crippen molar-refractivity contribution >= 4 is 132 Å². The molecule has 3 saturated carbocycles. The maximum absolute atomic E-state index is 16.3. The average Bonchev–Trinajstić information content (AvgIpc) is 0.905. The molecule has 3 unspecified atom stereocenters. The van der Waals surface area contributed by atoms with Gasteiger partial charge in [0.25, 0.3) is 0 Å². The number of carbonyl (C=O) groups is 5. The molecule has 0 spiro atoms. The molecule has 131 heavy (non-hydrogen) atoms. The molecule has 3 aliphatic carbocycles. The molecule has 3 aliphatic heterocycles. The van der Waals surface area contributed by atoms with E-state index in [-0.39, 0.29) is 155 Å². The lowest BCUT2D eigenvalue weighted by Crippen LogP contribution is -2.55. The van der Waals surface area contributed by atoms with Crippen LogP contribution >= 0.6 is 53.9 Å². The Hall–Kier alpha value is -7.51. The Bertz CT molecular complexity index is 5500. The molecule has 12 rings (SSSR count). The Morgan fingerprint density at radius 1 is 0.481 bits per heavy atom. The zero-order valence-electron chi connectivity index (χ0n) is 77.2. The number of nitrogens with one attached hydrogen (secondary N) is 1. The highest BCUT2D eigenvalue weighted by Crippen LogP contribution is 2.72. The molecule has 0 bridgehead atoms. The van der Waals surface area contributed by atoms with Crippen molar-refractivity contribution in [3.05, 3.63) is 102 Å². The van der Waals surface area contributed by atoms with Crippen LogP contribution in [0.1, 0.15) is 229 Å². The first kappa shape index (κ1) is 106. The van der Waals surface area contributed by atoms with Gasteiger partial charge in [0, 0.05) is 125 Å². The number of benzene rings is 3. The van der Waals surface area contributed by atoms with Crippen LogP contribution in [-0.4, -0.2) is 235 Å². The number of ether oxygens (including phenoxy) is 5. The Kier molecular flexibility index (Phi) is 35.9. The van der Waals surface area contributed by atoms with Crippen molar-refractivity contribution in [2.24, 2.45) is 0 Å². The topological polar surface area (TPSA) is 432 Å². The molecular weight excluding hydrogens is 1830 g/mol. The minimum atomic E-state index is -5.06. The number of aromatic carboxylic acids is 1. The van der Waals surface area contributed by atoms with E-state index in [0.717, 1.165) is 62.4 Å². The van der Waals surface area contributed by atoms with Crippen LogP contribution < -0.4 is 50.5 Å². The van der Waals surface area contributed by atoms with Gasteiger partial charge >= 0.3 is 48.5 Å². The van der Waals surface area contributed by atoms with Crippen LogP contribution in [0.2, 0.25) is 0 Å². The van der Waals surface area contributed by atoms with Gasteiger partial charge in [-0.1, -0.05) is 51.2 Å². The van der Waals surface area contributed by atoms with Gasteiger partial charge in [-0.2, -0.15) is 0 Å². The second kappa shape index (κ2) is 44.5. The number of hydrogen-bond donors (Lipinski definition) is 6. The monoisotopic (exact) mass is 1960 g/mol. The first-order valence-corrected chi connectivity index (χ1v) is 53.0. The zero-order chi connectivity index (χ0) is 96.5. The number of amides is 2. The first-order chi connectivity index (χ1) is 61.6. The Morgan fingerprint density at radius 2 is 0.794 bits per heavy atom. The standard InChI is InChI=1S/C40H64FN3O11P2S.C24H30FN3O6.C23H32FN3O9P2S/c1-10-20-51-56(48,52-21-11-2)33(57(49,53-22-12-3)54-23-13-4)15-14-24-58-38(46)31-27-44(29-16-17-29)34-30(36(31)45)25-32(41)35(37(34)50-9)42-18-19-43(28(5)26-42)39(47)55-40(6,7)8;1-13-11-26(8-9-27(13)23(32)34-24(2,3)4)19-17(25)10-15-18(21(19)33-5)28(14-6-7-14)12-16(20(15)29)22(30)31;1-13-11-26(8-7-25-13)20-17(24)10-15-19(22(20)36-2)27(14-5-6-14)12-16(21(15)28)23(29)39-9-3-4-18(37(30,31)32)38(33,34)35/h25,27-29,33H,10-24,26H2,1-9H3;10,12-14H,6-9,11H2,1-5H3,(H,30,31);10,12-14,18,25H,3-9,11H2,1-2H3,(H2,30,31,32)(H2,33,34,35). The SMILES string of the molecule is CCCOP(=O)(OCCC)C(CCCSC(=O)c1cn(C2CC2)c2c(OC)c(N3CCN(C(=O)OC(C)(C)C)C(C)C3)c(F)cc2c1=O)P(=O)(OCCC)OCCC.COc1c(N2CCN(C(=O)OC(C)(C)C)C(C)C2)c(F)cc2c(=O)c(C(=O)O)cn(C3CC3)c12.COc1c(N2CCNC(C)C2)c(F)cc2c(=O)c(C(=O)SCCCC(P(=O)(O)O)P(=O)(O)O)cn(C3CC3)c12. The van der Waals surface area contributed by atoms with Crippen molar-refractivity contribution in [2.75, 3.05) is 133 Å². The lowest BCUT2D eigenvalue weighted by molar-refractivity contribution is 0.0147. The largest absolute Gasteiger partial charge is 0.492 e. The number of carboxylic acids is 1. The third kappa shape index (κ3) is 25.6. The smallest absolute Gasteiger partial charge is 0.410 e. The molecule has 6 aromatic rings. The fourth-order valence-electron chi connectivity index (χ4n) is 16.1. The molecule has 6 heterocycles. The molecule has 35 nitrogen and oxygen atoms in total. The second-order valence-electron chi connectivity index (χ2n) is 35.6. The highest BCUT2D eigenvalue weighted by atomic mass is 32.2. The number of hydrogen-bond acceptors (Lipinski definition) is 27. The number of piperazine rings is 3. The lowest BCUT2D eigenvalue weighted by atomic mass is 10.1. The van der Waals surface area contributed by atoms with Crippen LogP contribution in [0.3, 0.4) is 0 Å². The number of rotatable bonds is 36. The fraction of sp³-hybridized carbons (Fsp3) is 0.632. The molecule has 728 valence electrons. The normalized spacial score (nSPS) is 17.8. The lowest BCUT2D eigenvalue weighted by Gasteiger charge is -2.41. The number of methoxy groups -OCH3 is 3. The van der Waals surface area contributed by atoms with E-state index in [0.29, 0.717) is 113 Å². The van der Waals surface area contributed by atoms with Gasteiger partial charge in [0.15, 0.2) is 45.5 Å². The number of anilines is 3. The summed E-state index contributed by atoms with van der Waals surface area (Å²) in [4.78, 5) is 150. The van der Waals surface area contributed by atoms with Gasteiger partial charge in [0.05, 0.1) is 91.6 Å². The van der Waals surface area contributed by atoms with Crippen LogP contribution in [0.15, 0.2) is 51.2 Å². The average molecular weight is 1960 g/mol. The summed E-state index contributed by atoms with van der Waals surface area (Å²) in [7, 11) is -13.9. The number of halogens is 3. The molecule has 3 aromatic heterocycles. The molecule has 6 N–H and O–H groups in total. The molecule has 3 atom stereocenters. The molecule has 0 radical (unpaired) electrons. The summed E-state index contributed by atoms with van der Waals surface area (Å²) in [5, 5.41) is 8.31. The summed E-state index contributed by atoms with van der Waals surface area (Å²) < 4.78 is 156. The van der Waals surface area contributed by atoms with Gasteiger partial charge < -0.3 is 110 Å². The molecule has 3 saturated heterocycles. The summed E-state index contributed by atoms with van der Waals surface area (Å²) >= 11 is 1.60. The van der Waals surface area contributed by atoms with E-state index in [9.17, 15) is 81.3 Å². The molecule has 6 fully saturated rings. The summed E-state index contributed by atoms with van der Waals surface area (Å²) in [6, 6.07) is 3.00. The maximum atomic E-state index is 16.3. The van der Waals surface area contributed by atoms with Gasteiger partial charge in [0.2, 0.25) is 26.5 Å². The van der Waals surface area contributed by atoms with Gasteiger partial charge in [-0.25, -0.2) is 27.6 Å². The molecule has 3 aromatic carbocycles. The first-order valence-electron chi connectivity index (χ1n) is 44.4. The van der Waals surface area contributed by atoms with Crippen molar-refractivity contribution in [3.63, 3.8) is 0 Å². The van der Waals surface area contributed by atoms with Crippen LogP contribution in [0, 0.1) is 17.5 Å². The molecule has 2 amide bonds. The van der Waals surface area contributed by atoms with E-state index in [2.05, 4.69) is 5.32 Å². The zero-order valence-corrected chi connectivity index (χ0v) is 82.4. The van der Waals surface area contributed by atoms with Crippen LogP contribution in [0.25, 0.3) is 32.7 Å². The number of carbonyl (C=O) groups excluding carboxylic acids is 4. The predicted molar refractivity (Wildman–Crippen MR) is 499 cm³/mol. The van der Waals surface area contributed by atoms with E-state index < -0.39 is 126 Å². The number of fused-ring (bicyclic) bond motifs is 3. The summed E-state index contributed by atoms with van der Waals surface area (Å²) in [5.41, 5.74) is -2.12. The Labute approximate surface area is 768 Å². The van der Waals surface area contributed by atoms with Crippen LogP contribution in [0.4, 0.5) is 39.8 Å². The maximum Gasteiger partial charge on any atom is 0.410 e. The van der Waals surface area contributed by atoms with Gasteiger partial charge in [-0.3, -0.25) is 42.2 Å².